The van der Waals surface area contributed by atoms with Crippen LogP contribution in [0.15, 0.2) is 0 Å². The summed E-state index contributed by atoms with van der Waals surface area (Å²) in [5.74, 6) is 0. The molecule has 0 aliphatic rings. The van der Waals surface area contributed by atoms with Crippen LogP contribution >= 0.6 is 7.28 Å². The number of hydrogen-bond acceptors (Lipinski definition) is 3. The Bertz CT molecular complexity index is 137. The van der Waals surface area contributed by atoms with Gasteiger partial charge in [-0.1, -0.05) is 0 Å². The Morgan fingerprint density at radius 3 is 1.36 bits per heavy atom. The zero-order valence-corrected chi connectivity index (χ0v) is 10.3. The quantitative estimate of drug-likeness (QED) is 0.439. The average Bonchev–Trinajstić information content (AvgIpc) is 2.04. The van der Waals surface area contributed by atoms with Crippen molar-refractivity contribution >= 4 is 7.28 Å². The SMILES string of the molecule is CCCCCP(O)(O)(O)CCCCC. The van der Waals surface area contributed by atoms with Crippen LogP contribution < -0.4 is 0 Å². The minimum absolute atomic E-state index is 0.184. The van der Waals surface area contributed by atoms with Gasteiger partial charge in [0, 0.05) is 0 Å². The van der Waals surface area contributed by atoms with E-state index in [1.807, 2.05) is 0 Å². The molecule has 0 atom stereocenters. The van der Waals surface area contributed by atoms with Gasteiger partial charge in [0.15, 0.2) is 0 Å². The maximum absolute atomic E-state index is 9.67. The molecule has 0 unspecified atom stereocenters. The predicted molar refractivity (Wildman–Crippen MR) is 62.4 cm³/mol. The van der Waals surface area contributed by atoms with Gasteiger partial charge in [0.1, 0.15) is 0 Å². The van der Waals surface area contributed by atoms with Gasteiger partial charge >= 0.3 is 86.7 Å². The van der Waals surface area contributed by atoms with Crippen LogP contribution in [-0.2, 0) is 0 Å². The van der Waals surface area contributed by atoms with Crippen molar-refractivity contribution in [3.8, 4) is 0 Å². The zero-order valence-electron chi connectivity index (χ0n) is 9.45. The van der Waals surface area contributed by atoms with Gasteiger partial charge < -0.3 is 0 Å². The van der Waals surface area contributed by atoms with Crippen LogP contribution in [0.2, 0.25) is 0 Å². The van der Waals surface area contributed by atoms with Crippen molar-refractivity contribution in [3.05, 3.63) is 0 Å². The Balaban J connectivity index is 3.82. The molecular formula is C10H25O3P. The summed E-state index contributed by atoms with van der Waals surface area (Å²) in [4.78, 5) is 29.0. The Kier molecular flexibility index (Phi) is 6.15. The maximum atomic E-state index is 9.67. The molecule has 0 saturated heterocycles. The summed E-state index contributed by atoms with van der Waals surface area (Å²) < 4.78 is 0. The molecule has 0 aliphatic carbocycles. The first-order valence-electron chi connectivity index (χ1n) is 5.65. The van der Waals surface area contributed by atoms with Gasteiger partial charge in [-0.15, -0.1) is 0 Å². The summed E-state index contributed by atoms with van der Waals surface area (Å²) in [5.41, 5.74) is 0. The summed E-state index contributed by atoms with van der Waals surface area (Å²) in [7, 11) is -4.24. The fourth-order valence-corrected chi connectivity index (χ4v) is 3.45. The van der Waals surface area contributed by atoms with E-state index in [2.05, 4.69) is 13.8 Å². The number of rotatable bonds is 8. The first-order chi connectivity index (χ1) is 6.39. The standard InChI is InChI=1S/C10H25O3P/c1-3-5-7-9-14(11,12,13)10-8-6-4-2/h11-13H,3-10H2,1-2H3. The van der Waals surface area contributed by atoms with Gasteiger partial charge in [0.25, 0.3) is 0 Å². The van der Waals surface area contributed by atoms with Crippen molar-refractivity contribution in [2.75, 3.05) is 12.3 Å². The summed E-state index contributed by atoms with van der Waals surface area (Å²) in [5, 5.41) is 0. The summed E-state index contributed by atoms with van der Waals surface area (Å²) in [6.45, 7) is 4.11. The van der Waals surface area contributed by atoms with Gasteiger partial charge in [0.05, 0.1) is 0 Å². The van der Waals surface area contributed by atoms with Crippen LogP contribution in [0, 0.1) is 0 Å². The first kappa shape index (κ1) is 14.3. The second-order valence-corrected chi connectivity index (χ2v) is 7.78. The Labute approximate surface area is 87.3 Å². The van der Waals surface area contributed by atoms with Gasteiger partial charge in [-0.2, -0.15) is 0 Å². The second-order valence-electron chi connectivity index (χ2n) is 4.20. The van der Waals surface area contributed by atoms with E-state index >= 15 is 0 Å². The van der Waals surface area contributed by atoms with Gasteiger partial charge in [-0.3, -0.25) is 0 Å². The normalized spacial score (nSPS) is 15.1. The molecule has 0 aromatic heterocycles. The first-order valence-corrected chi connectivity index (χ1v) is 8.11. The molecule has 14 heavy (non-hydrogen) atoms. The molecule has 0 aromatic rings. The van der Waals surface area contributed by atoms with Crippen LogP contribution in [-0.4, -0.2) is 27.0 Å². The molecule has 0 bridgehead atoms. The fourth-order valence-electron chi connectivity index (χ4n) is 1.48. The molecule has 0 heterocycles. The van der Waals surface area contributed by atoms with Crippen LogP contribution in [0.3, 0.4) is 0 Å². The summed E-state index contributed by atoms with van der Waals surface area (Å²) in [6.07, 6.45) is 5.75. The van der Waals surface area contributed by atoms with Crippen molar-refractivity contribution in [2.24, 2.45) is 0 Å². The third-order valence-electron chi connectivity index (χ3n) is 2.44. The second kappa shape index (κ2) is 6.02. The van der Waals surface area contributed by atoms with E-state index in [9.17, 15) is 14.7 Å². The van der Waals surface area contributed by atoms with Crippen LogP contribution in [0.4, 0.5) is 0 Å². The molecule has 0 radical (unpaired) electrons. The molecule has 0 amide bonds. The molecule has 3 nitrogen and oxygen atoms in total. The molecule has 0 aliphatic heterocycles. The summed E-state index contributed by atoms with van der Waals surface area (Å²) in [6, 6.07) is 0. The molecule has 4 heteroatoms. The van der Waals surface area contributed by atoms with Crippen molar-refractivity contribution in [3.63, 3.8) is 0 Å². The topological polar surface area (TPSA) is 60.7 Å². The van der Waals surface area contributed by atoms with E-state index in [0.717, 1.165) is 25.7 Å². The summed E-state index contributed by atoms with van der Waals surface area (Å²) >= 11 is 0. The molecule has 0 spiro atoms. The molecule has 0 saturated carbocycles. The van der Waals surface area contributed by atoms with Crippen LogP contribution in [0.5, 0.6) is 0 Å². The molecule has 88 valence electrons. The third-order valence-corrected chi connectivity index (χ3v) is 4.90. The van der Waals surface area contributed by atoms with E-state index in [4.69, 9.17) is 0 Å². The van der Waals surface area contributed by atoms with Crippen molar-refractivity contribution in [1.82, 2.24) is 0 Å². The molecule has 0 fully saturated rings. The predicted octanol–water partition coefficient (Wildman–Crippen LogP) is 2.64. The van der Waals surface area contributed by atoms with Crippen molar-refractivity contribution < 1.29 is 14.7 Å². The van der Waals surface area contributed by atoms with Crippen LogP contribution in [0.25, 0.3) is 0 Å². The van der Waals surface area contributed by atoms with E-state index < -0.39 is 7.28 Å². The number of hydrogen-bond donors (Lipinski definition) is 3. The van der Waals surface area contributed by atoms with Crippen molar-refractivity contribution in [2.45, 2.75) is 52.4 Å². The van der Waals surface area contributed by atoms with Crippen molar-refractivity contribution in [1.29, 1.82) is 0 Å². The van der Waals surface area contributed by atoms with E-state index in [1.54, 1.807) is 0 Å². The molecular weight excluding hydrogens is 199 g/mol. The third kappa shape index (κ3) is 7.69. The van der Waals surface area contributed by atoms with Gasteiger partial charge in [0.2, 0.25) is 0 Å². The van der Waals surface area contributed by atoms with E-state index in [1.165, 1.54) is 0 Å². The van der Waals surface area contributed by atoms with Gasteiger partial charge in [-0.25, -0.2) is 0 Å². The monoisotopic (exact) mass is 224 g/mol. The molecule has 0 aromatic carbocycles. The Morgan fingerprint density at radius 1 is 0.714 bits per heavy atom. The van der Waals surface area contributed by atoms with E-state index in [0.29, 0.717) is 12.8 Å². The zero-order chi connectivity index (χ0) is 11.1. The average molecular weight is 224 g/mol. The minimum atomic E-state index is -4.24. The fraction of sp³-hybridized carbons (Fsp3) is 1.00. The molecule has 3 N–H and O–H groups in total. The van der Waals surface area contributed by atoms with Gasteiger partial charge in [-0.05, 0) is 0 Å². The van der Waals surface area contributed by atoms with E-state index in [-0.39, 0.29) is 12.3 Å². The molecule has 0 rings (SSSR count). The Morgan fingerprint density at radius 2 is 1.07 bits per heavy atom. The number of unbranched alkanes of at least 4 members (excludes halogenated alkanes) is 4. The Hall–Kier alpha value is 0.310. The van der Waals surface area contributed by atoms with Crippen LogP contribution in [0.1, 0.15) is 52.4 Å².